The molecule has 1 aliphatic carbocycles. The van der Waals surface area contributed by atoms with Crippen molar-refractivity contribution in [2.75, 3.05) is 17.2 Å². The van der Waals surface area contributed by atoms with Gasteiger partial charge in [0.2, 0.25) is 10.0 Å². The van der Waals surface area contributed by atoms with Crippen molar-refractivity contribution in [3.05, 3.63) is 29.3 Å². The fourth-order valence-corrected chi connectivity index (χ4v) is 4.92. The van der Waals surface area contributed by atoms with E-state index in [1.165, 1.54) is 10.4 Å². The summed E-state index contributed by atoms with van der Waals surface area (Å²) >= 11 is 0. The zero-order valence-corrected chi connectivity index (χ0v) is 16.9. The zero-order valence-electron chi connectivity index (χ0n) is 16.1. The lowest BCUT2D eigenvalue weighted by molar-refractivity contribution is -0.125. The molecule has 1 saturated carbocycles. The molecule has 0 spiro atoms. The van der Waals surface area contributed by atoms with E-state index in [4.69, 9.17) is 4.74 Å². The fraction of sp³-hybridized carbons (Fsp3) is 0.526. The van der Waals surface area contributed by atoms with Crippen LogP contribution >= 0.6 is 0 Å². The van der Waals surface area contributed by atoms with Crippen molar-refractivity contribution in [3.8, 4) is 6.07 Å². The Hall–Kier alpha value is -2.60. The van der Waals surface area contributed by atoms with Gasteiger partial charge in [0.05, 0.1) is 23.6 Å². The lowest BCUT2D eigenvalue weighted by Gasteiger charge is -2.22. The summed E-state index contributed by atoms with van der Waals surface area (Å²) in [7, 11) is -3.40. The highest BCUT2D eigenvalue weighted by Gasteiger charge is 2.43. The van der Waals surface area contributed by atoms with E-state index < -0.39 is 34.0 Å². The van der Waals surface area contributed by atoms with Crippen LogP contribution in [0.1, 0.15) is 42.6 Å². The molecule has 2 atom stereocenters. The number of nitrogens with one attached hydrogen (secondary N) is 1. The van der Waals surface area contributed by atoms with Gasteiger partial charge in [-0.2, -0.15) is 5.26 Å². The normalized spacial score (nSPS) is 20.6. The number of nitrogens with zero attached hydrogens (tertiary/aromatic N) is 2. The van der Waals surface area contributed by atoms with Crippen molar-refractivity contribution in [1.82, 2.24) is 5.32 Å². The van der Waals surface area contributed by atoms with E-state index in [2.05, 4.69) is 11.4 Å². The first-order chi connectivity index (χ1) is 13.0. The number of rotatable bonds is 6. The smallest absolute Gasteiger partial charge is 0.338 e. The van der Waals surface area contributed by atoms with Gasteiger partial charge in [-0.1, -0.05) is 0 Å². The molecule has 2 aliphatic rings. The third kappa shape index (κ3) is 3.97. The van der Waals surface area contributed by atoms with Gasteiger partial charge in [-0.15, -0.1) is 0 Å². The summed E-state index contributed by atoms with van der Waals surface area (Å²) in [5, 5.41) is 11.9. The van der Waals surface area contributed by atoms with Crippen LogP contribution in [-0.2, 0) is 26.0 Å². The van der Waals surface area contributed by atoms with Gasteiger partial charge < -0.3 is 10.1 Å². The lowest BCUT2D eigenvalue weighted by atomic mass is 9.98. The number of hydrogen-bond acceptors (Lipinski definition) is 6. The van der Waals surface area contributed by atoms with Crippen molar-refractivity contribution >= 4 is 27.6 Å². The molecule has 0 unspecified atom stereocenters. The predicted octanol–water partition coefficient (Wildman–Crippen LogP) is 1.36. The minimum atomic E-state index is -3.40. The first-order valence-corrected chi connectivity index (χ1v) is 10.9. The second kappa shape index (κ2) is 7.09. The van der Waals surface area contributed by atoms with Crippen LogP contribution in [0, 0.1) is 17.2 Å². The summed E-state index contributed by atoms with van der Waals surface area (Å²) in [6, 6.07) is 6.55. The van der Waals surface area contributed by atoms with Crippen molar-refractivity contribution in [2.24, 2.45) is 5.92 Å². The number of hydrogen-bond donors (Lipinski definition) is 1. The summed E-state index contributed by atoms with van der Waals surface area (Å²) in [6.07, 6.45) is 3.42. The SMILES string of the molecule is C[C@@H]1Cc2cc(C(=O)OCC(=O)N[C@@](C)(C#N)C3CC3)ccc2N1S(C)(=O)=O. The van der Waals surface area contributed by atoms with Gasteiger partial charge in [-0.05, 0) is 62.8 Å². The fourth-order valence-electron chi connectivity index (χ4n) is 3.66. The number of sulfonamides is 1. The predicted molar refractivity (Wildman–Crippen MR) is 102 cm³/mol. The van der Waals surface area contributed by atoms with Crippen LogP contribution in [0.3, 0.4) is 0 Å². The van der Waals surface area contributed by atoms with Crippen LogP contribution in [0.25, 0.3) is 0 Å². The monoisotopic (exact) mass is 405 g/mol. The number of carbonyl (C=O) groups is 2. The van der Waals surface area contributed by atoms with Crippen molar-refractivity contribution < 1.29 is 22.7 Å². The van der Waals surface area contributed by atoms with Crippen molar-refractivity contribution in [3.63, 3.8) is 0 Å². The third-order valence-electron chi connectivity index (χ3n) is 5.19. The van der Waals surface area contributed by atoms with Gasteiger partial charge >= 0.3 is 5.97 Å². The number of benzene rings is 1. The molecular weight excluding hydrogens is 382 g/mol. The Labute approximate surface area is 164 Å². The van der Waals surface area contributed by atoms with Crippen LogP contribution < -0.4 is 9.62 Å². The number of amides is 1. The molecule has 9 heteroatoms. The largest absolute Gasteiger partial charge is 0.452 e. The van der Waals surface area contributed by atoms with E-state index in [0.717, 1.165) is 24.7 Å². The highest BCUT2D eigenvalue weighted by molar-refractivity contribution is 7.92. The van der Waals surface area contributed by atoms with E-state index in [0.29, 0.717) is 12.1 Å². The van der Waals surface area contributed by atoms with Crippen molar-refractivity contribution in [2.45, 2.75) is 44.7 Å². The topological polar surface area (TPSA) is 117 Å². The Kier molecular flexibility index (Phi) is 5.10. The van der Waals surface area contributed by atoms with Gasteiger partial charge in [0.1, 0.15) is 5.54 Å². The molecule has 28 heavy (non-hydrogen) atoms. The molecular formula is C19H23N3O5S. The van der Waals surface area contributed by atoms with Crippen LogP contribution in [0.5, 0.6) is 0 Å². The molecule has 150 valence electrons. The van der Waals surface area contributed by atoms with Gasteiger partial charge in [0.25, 0.3) is 5.91 Å². The molecule has 8 nitrogen and oxygen atoms in total. The minimum Gasteiger partial charge on any atom is -0.452 e. The van der Waals surface area contributed by atoms with E-state index in [1.54, 1.807) is 26.0 Å². The second-order valence-electron chi connectivity index (χ2n) is 7.67. The molecule has 1 amide bonds. The van der Waals surface area contributed by atoms with Gasteiger partial charge in [0, 0.05) is 6.04 Å². The lowest BCUT2D eigenvalue weighted by Crippen LogP contribution is -2.48. The van der Waals surface area contributed by atoms with E-state index in [-0.39, 0.29) is 17.5 Å². The molecule has 0 aromatic heterocycles. The van der Waals surface area contributed by atoms with E-state index in [9.17, 15) is 23.3 Å². The van der Waals surface area contributed by atoms with E-state index in [1.807, 2.05) is 0 Å². The van der Waals surface area contributed by atoms with E-state index >= 15 is 0 Å². The maximum atomic E-state index is 12.3. The number of fused-ring (bicyclic) bond motifs is 1. The Bertz CT molecular complexity index is 964. The number of ether oxygens (including phenoxy) is 1. The Morgan fingerprint density at radius 1 is 1.39 bits per heavy atom. The number of anilines is 1. The summed E-state index contributed by atoms with van der Waals surface area (Å²) in [5.74, 6) is -1.07. The third-order valence-corrected chi connectivity index (χ3v) is 6.46. The summed E-state index contributed by atoms with van der Waals surface area (Å²) < 4.78 is 30.3. The average Bonchev–Trinajstić information content (AvgIpc) is 3.40. The molecule has 0 radical (unpaired) electrons. The van der Waals surface area contributed by atoms with Gasteiger partial charge in [-0.3, -0.25) is 9.10 Å². The molecule has 0 saturated heterocycles. The van der Waals surface area contributed by atoms with Crippen molar-refractivity contribution in [1.29, 1.82) is 5.26 Å². The standard InChI is InChI=1S/C19H23N3O5S/c1-12-8-14-9-13(4-7-16(14)22(12)28(3,25)26)18(24)27-10-17(23)21-19(2,11-20)15-5-6-15/h4,7,9,12,15H,5-6,8,10H2,1-3H3,(H,21,23)/t12-,19+/m1/s1. The van der Waals surface area contributed by atoms with Crippen LogP contribution in [-0.4, -0.2) is 44.7 Å². The van der Waals surface area contributed by atoms with Crippen LogP contribution in [0.2, 0.25) is 0 Å². The molecule has 1 fully saturated rings. The molecule has 1 aromatic rings. The minimum absolute atomic E-state index is 0.133. The molecule has 1 aliphatic heterocycles. The first kappa shape index (κ1) is 20.1. The van der Waals surface area contributed by atoms with Gasteiger partial charge in [0.15, 0.2) is 6.61 Å². The zero-order chi connectivity index (χ0) is 20.7. The molecule has 0 bridgehead atoms. The first-order valence-electron chi connectivity index (χ1n) is 9.07. The Balaban J connectivity index is 1.64. The highest BCUT2D eigenvalue weighted by atomic mass is 32.2. The Morgan fingerprint density at radius 3 is 2.64 bits per heavy atom. The Morgan fingerprint density at radius 2 is 2.07 bits per heavy atom. The summed E-state index contributed by atoms with van der Waals surface area (Å²) in [5.41, 5.74) is 0.600. The maximum absolute atomic E-state index is 12.3. The molecule has 3 rings (SSSR count). The molecule has 1 N–H and O–H groups in total. The molecule has 1 heterocycles. The quantitative estimate of drug-likeness (QED) is 0.715. The maximum Gasteiger partial charge on any atom is 0.338 e. The second-order valence-corrected chi connectivity index (χ2v) is 9.53. The number of nitriles is 1. The van der Waals surface area contributed by atoms with Crippen LogP contribution in [0.4, 0.5) is 5.69 Å². The molecule has 1 aromatic carbocycles. The number of esters is 1. The van der Waals surface area contributed by atoms with Gasteiger partial charge in [-0.25, -0.2) is 13.2 Å². The average molecular weight is 405 g/mol. The number of carbonyl (C=O) groups excluding carboxylic acids is 2. The summed E-state index contributed by atoms with van der Waals surface area (Å²) in [6.45, 7) is 2.99. The van der Waals surface area contributed by atoms with Crippen LogP contribution in [0.15, 0.2) is 18.2 Å². The summed E-state index contributed by atoms with van der Waals surface area (Å²) in [4.78, 5) is 24.3. The highest BCUT2D eigenvalue weighted by Crippen LogP contribution is 2.39.